The summed E-state index contributed by atoms with van der Waals surface area (Å²) in [4.78, 5) is 4.58. The summed E-state index contributed by atoms with van der Waals surface area (Å²) in [5, 5.41) is 9.26. The molecule has 1 aliphatic rings. The van der Waals surface area contributed by atoms with E-state index in [0.717, 1.165) is 33.3 Å². The third-order valence-electron chi connectivity index (χ3n) is 4.61. The largest absolute Gasteiger partial charge is 0.456 e. The average molecular weight is 327 g/mol. The lowest BCUT2D eigenvalue weighted by molar-refractivity contribution is 0.495. The van der Waals surface area contributed by atoms with Crippen molar-refractivity contribution in [1.82, 2.24) is 10.6 Å². The third-order valence-corrected chi connectivity index (χ3v) is 4.61. The fourth-order valence-corrected chi connectivity index (χ4v) is 3.45. The number of fused-ring (bicyclic) bond motifs is 3. The molecule has 3 aromatic carbocycles. The van der Waals surface area contributed by atoms with Crippen molar-refractivity contribution in [1.29, 1.82) is 0 Å². The van der Waals surface area contributed by atoms with E-state index in [4.69, 9.17) is 4.42 Å². The van der Waals surface area contributed by atoms with E-state index in [-0.39, 0.29) is 6.17 Å². The van der Waals surface area contributed by atoms with Crippen LogP contribution in [0, 0.1) is 0 Å². The van der Waals surface area contributed by atoms with Crippen molar-refractivity contribution in [2.45, 2.75) is 6.17 Å². The molecule has 122 valence electrons. The van der Waals surface area contributed by atoms with Crippen molar-refractivity contribution in [3.05, 3.63) is 83.9 Å². The zero-order valence-electron chi connectivity index (χ0n) is 13.6. The van der Waals surface area contributed by atoms with Crippen LogP contribution in [0.15, 0.2) is 82.2 Å². The highest BCUT2D eigenvalue weighted by Gasteiger charge is 2.21. The highest BCUT2D eigenvalue weighted by Crippen LogP contribution is 2.33. The van der Waals surface area contributed by atoms with Gasteiger partial charge in [-0.05, 0) is 12.1 Å². The van der Waals surface area contributed by atoms with Crippen molar-refractivity contribution in [2.24, 2.45) is 4.99 Å². The molecule has 1 aromatic heterocycles. The lowest BCUT2D eigenvalue weighted by atomic mass is 10.0. The first-order valence-electron chi connectivity index (χ1n) is 8.40. The fraction of sp³-hybridized carbons (Fsp3) is 0.0952. The van der Waals surface area contributed by atoms with Crippen LogP contribution in [0.5, 0.6) is 0 Å². The number of rotatable bonds is 2. The number of hydrogen-bond donors (Lipinski definition) is 2. The highest BCUT2D eigenvalue weighted by molar-refractivity contribution is 6.07. The molecule has 4 aromatic rings. The Labute approximate surface area is 145 Å². The van der Waals surface area contributed by atoms with Gasteiger partial charge in [0.1, 0.15) is 23.2 Å². The molecule has 4 heteroatoms. The standard InChI is InChI=1S/C21H17N3O/c1-2-7-14(8-3-1)20-22-13-23-21(24-20)16-10-6-12-18-19(16)15-9-4-5-11-17(15)25-18/h1-12,21,23H,13H2,(H,22,24). The SMILES string of the molecule is c1ccc(C2=NCNC(c3cccc4oc5ccccc5c34)N2)cc1. The van der Waals surface area contributed by atoms with Gasteiger partial charge in [-0.1, -0.05) is 60.7 Å². The number of benzene rings is 3. The van der Waals surface area contributed by atoms with Gasteiger partial charge in [-0.25, -0.2) is 0 Å². The molecule has 0 amide bonds. The van der Waals surface area contributed by atoms with Crippen LogP contribution in [0.25, 0.3) is 21.9 Å². The van der Waals surface area contributed by atoms with E-state index < -0.39 is 0 Å². The summed E-state index contributed by atoms with van der Waals surface area (Å²) in [5.41, 5.74) is 4.09. The Morgan fingerprint density at radius 1 is 0.840 bits per heavy atom. The number of nitrogens with one attached hydrogen (secondary N) is 2. The van der Waals surface area contributed by atoms with Crippen LogP contribution in [0.2, 0.25) is 0 Å². The molecule has 0 saturated heterocycles. The van der Waals surface area contributed by atoms with Gasteiger partial charge in [0, 0.05) is 21.9 Å². The Balaban J connectivity index is 1.61. The van der Waals surface area contributed by atoms with E-state index in [1.54, 1.807) is 0 Å². The van der Waals surface area contributed by atoms with Crippen LogP contribution in [0.1, 0.15) is 17.3 Å². The van der Waals surface area contributed by atoms with Gasteiger partial charge in [0.05, 0.1) is 6.67 Å². The molecule has 25 heavy (non-hydrogen) atoms. The number of para-hydroxylation sites is 1. The predicted molar refractivity (Wildman–Crippen MR) is 101 cm³/mol. The second-order valence-electron chi connectivity index (χ2n) is 6.13. The number of aliphatic imine (C=N–C) groups is 1. The summed E-state index contributed by atoms with van der Waals surface area (Å²) in [6.07, 6.45) is -0.0163. The van der Waals surface area contributed by atoms with E-state index in [9.17, 15) is 0 Å². The second-order valence-corrected chi connectivity index (χ2v) is 6.13. The molecular formula is C21H17N3O. The van der Waals surface area contributed by atoms with Crippen LogP contribution in [-0.4, -0.2) is 12.5 Å². The van der Waals surface area contributed by atoms with Crippen LogP contribution >= 0.6 is 0 Å². The van der Waals surface area contributed by atoms with Crippen molar-refractivity contribution in [3.63, 3.8) is 0 Å². The van der Waals surface area contributed by atoms with Gasteiger partial charge in [-0.15, -0.1) is 0 Å². The van der Waals surface area contributed by atoms with Crippen molar-refractivity contribution in [2.75, 3.05) is 6.67 Å². The van der Waals surface area contributed by atoms with Gasteiger partial charge < -0.3 is 9.73 Å². The van der Waals surface area contributed by atoms with E-state index in [2.05, 4.69) is 39.9 Å². The Hall–Kier alpha value is -3.11. The van der Waals surface area contributed by atoms with Gasteiger partial charge in [0.25, 0.3) is 0 Å². The van der Waals surface area contributed by atoms with Gasteiger partial charge in [-0.3, -0.25) is 10.3 Å². The zero-order chi connectivity index (χ0) is 16.6. The molecule has 0 saturated carbocycles. The smallest absolute Gasteiger partial charge is 0.135 e. The molecule has 2 heterocycles. The van der Waals surface area contributed by atoms with E-state index in [1.807, 2.05) is 48.5 Å². The Bertz CT molecular complexity index is 1080. The van der Waals surface area contributed by atoms with Gasteiger partial charge >= 0.3 is 0 Å². The topological polar surface area (TPSA) is 49.6 Å². The first-order chi connectivity index (χ1) is 12.4. The number of nitrogens with zero attached hydrogens (tertiary/aromatic N) is 1. The zero-order valence-corrected chi connectivity index (χ0v) is 13.6. The first kappa shape index (κ1) is 14.3. The summed E-state index contributed by atoms with van der Waals surface area (Å²) in [7, 11) is 0. The Kier molecular flexibility index (Phi) is 3.28. The normalized spacial score (nSPS) is 17.4. The van der Waals surface area contributed by atoms with Gasteiger partial charge in [-0.2, -0.15) is 0 Å². The first-order valence-corrected chi connectivity index (χ1v) is 8.40. The maximum atomic E-state index is 6.01. The van der Waals surface area contributed by atoms with Crippen molar-refractivity contribution < 1.29 is 4.42 Å². The van der Waals surface area contributed by atoms with Crippen LogP contribution < -0.4 is 10.6 Å². The van der Waals surface area contributed by atoms with Crippen molar-refractivity contribution >= 4 is 27.8 Å². The number of amidine groups is 1. The summed E-state index contributed by atoms with van der Waals surface area (Å²) >= 11 is 0. The van der Waals surface area contributed by atoms with Crippen LogP contribution in [0.4, 0.5) is 0 Å². The molecule has 5 rings (SSSR count). The minimum absolute atomic E-state index is 0.0163. The Morgan fingerprint density at radius 2 is 1.64 bits per heavy atom. The molecule has 0 fully saturated rings. The Morgan fingerprint density at radius 3 is 2.56 bits per heavy atom. The minimum atomic E-state index is -0.0163. The summed E-state index contributed by atoms with van der Waals surface area (Å²) in [6, 6.07) is 24.6. The maximum Gasteiger partial charge on any atom is 0.135 e. The van der Waals surface area contributed by atoms with Crippen molar-refractivity contribution in [3.8, 4) is 0 Å². The average Bonchev–Trinajstić information content (AvgIpc) is 3.07. The molecule has 1 unspecified atom stereocenters. The molecule has 0 aliphatic carbocycles. The lowest BCUT2D eigenvalue weighted by Gasteiger charge is -2.27. The summed E-state index contributed by atoms with van der Waals surface area (Å²) in [6.45, 7) is 0.577. The summed E-state index contributed by atoms with van der Waals surface area (Å²) < 4.78 is 6.01. The lowest BCUT2D eigenvalue weighted by Crippen LogP contribution is -2.43. The van der Waals surface area contributed by atoms with Gasteiger partial charge in [0.15, 0.2) is 0 Å². The van der Waals surface area contributed by atoms with Crippen LogP contribution in [-0.2, 0) is 0 Å². The monoisotopic (exact) mass is 327 g/mol. The third kappa shape index (κ3) is 2.39. The maximum absolute atomic E-state index is 6.01. The van der Waals surface area contributed by atoms with Crippen LogP contribution in [0.3, 0.4) is 0 Å². The van der Waals surface area contributed by atoms with E-state index >= 15 is 0 Å². The summed E-state index contributed by atoms with van der Waals surface area (Å²) in [5.74, 6) is 0.911. The molecule has 1 atom stereocenters. The molecule has 2 N–H and O–H groups in total. The van der Waals surface area contributed by atoms with E-state index in [0.29, 0.717) is 6.67 Å². The van der Waals surface area contributed by atoms with E-state index in [1.165, 1.54) is 5.56 Å². The molecule has 0 bridgehead atoms. The van der Waals surface area contributed by atoms with Gasteiger partial charge in [0.2, 0.25) is 0 Å². The molecule has 4 nitrogen and oxygen atoms in total. The minimum Gasteiger partial charge on any atom is -0.456 e. The quantitative estimate of drug-likeness (QED) is 0.580. The number of furan rings is 1. The second kappa shape index (κ2) is 5.76. The predicted octanol–water partition coefficient (Wildman–Crippen LogP) is 4.18. The molecule has 1 aliphatic heterocycles. The molecule has 0 spiro atoms. The number of hydrogen-bond acceptors (Lipinski definition) is 4. The fourth-order valence-electron chi connectivity index (χ4n) is 3.45. The highest BCUT2D eigenvalue weighted by atomic mass is 16.3. The molecule has 0 radical (unpaired) electrons. The molecular weight excluding hydrogens is 310 g/mol.